The van der Waals surface area contributed by atoms with Crippen LogP contribution < -0.4 is 4.74 Å². The SMILES string of the molecule is CC(C)Oc1ccc2nc(Cl)c(C3OCCO3)cc2c1. The van der Waals surface area contributed by atoms with E-state index in [0.717, 1.165) is 22.2 Å². The van der Waals surface area contributed by atoms with Crippen LogP contribution in [0.4, 0.5) is 0 Å². The molecule has 1 aliphatic heterocycles. The number of pyridine rings is 1. The van der Waals surface area contributed by atoms with Gasteiger partial charge in [-0.15, -0.1) is 0 Å². The molecule has 1 aliphatic rings. The molecule has 0 spiro atoms. The predicted molar refractivity (Wildman–Crippen MR) is 77.2 cm³/mol. The van der Waals surface area contributed by atoms with Gasteiger partial charge in [-0.05, 0) is 38.1 Å². The van der Waals surface area contributed by atoms with Crippen molar-refractivity contribution < 1.29 is 14.2 Å². The Labute approximate surface area is 122 Å². The van der Waals surface area contributed by atoms with Crippen LogP contribution in [0.15, 0.2) is 24.3 Å². The molecule has 1 fully saturated rings. The van der Waals surface area contributed by atoms with Gasteiger partial charge in [-0.1, -0.05) is 11.6 Å². The van der Waals surface area contributed by atoms with Crippen molar-refractivity contribution in [3.05, 3.63) is 35.0 Å². The average Bonchev–Trinajstić information content (AvgIpc) is 2.91. The van der Waals surface area contributed by atoms with Gasteiger partial charge < -0.3 is 14.2 Å². The monoisotopic (exact) mass is 293 g/mol. The highest BCUT2D eigenvalue weighted by molar-refractivity contribution is 6.30. The van der Waals surface area contributed by atoms with Gasteiger partial charge in [0, 0.05) is 10.9 Å². The number of nitrogens with zero attached hydrogens (tertiary/aromatic N) is 1. The molecule has 1 aromatic heterocycles. The molecule has 0 radical (unpaired) electrons. The van der Waals surface area contributed by atoms with Crippen LogP contribution in [0.5, 0.6) is 5.75 Å². The van der Waals surface area contributed by atoms with Crippen LogP contribution >= 0.6 is 11.6 Å². The lowest BCUT2D eigenvalue weighted by atomic mass is 10.1. The summed E-state index contributed by atoms with van der Waals surface area (Å²) in [6.45, 7) is 5.15. The maximum Gasteiger partial charge on any atom is 0.187 e. The molecule has 0 unspecified atom stereocenters. The van der Waals surface area contributed by atoms with Crippen molar-refractivity contribution in [2.45, 2.75) is 26.2 Å². The number of halogens is 1. The van der Waals surface area contributed by atoms with Gasteiger partial charge in [0.1, 0.15) is 10.9 Å². The molecule has 0 aliphatic carbocycles. The molecule has 4 nitrogen and oxygen atoms in total. The lowest BCUT2D eigenvalue weighted by Crippen LogP contribution is -2.05. The van der Waals surface area contributed by atoms with E-state index >= 15 is 0 Å². The van der Waals surface area contributed by atoms with Gasteiger partial charge in [0.25, 0.3) is 0 Å². The van der Waals surface area contributed by atoms with Crippen molar-refractivity contribution in [1.29, 1.82) is 0 Å². The Morgan fingerprint density at radius 3 is 2.70 bits per heavy atom. The highest BCUT2D eigenvalue weighted by Crippen LogP contribution is 2.32. The third-order valence-corrected chi connectivity index (χ3v) is 3.32. The molecule has 1 saturated heterocycles. The highest BCUT2D eigenvalue weighted by atomic mass is 35.5. The summed E-state index contributed by atoms with van der Waals surface area (Å²) in [7, 11) is 0. The largest absolute Gasteiger partial charge is 0.491 e. The molecule has 20 heavy (non-hydrogen) atoms. The van der Waals surface area contributed by atoms with Gasteiger partial charge in [0.15, 0.2) is 6.29 Å². The zero-order chi connectivity index (χ0) is 14.1. The number of hydrogen-bond acceptors (Lipinski definition) is 4. The minimum atomic E-state index is -0.422. The zero-order valence-electron chi connectivity index (χ0n) is 11.4. The van der Waals surface area contributed by atoms with Crippen LogP contribution in [0, 0.1) is 0 Å². The Balaban J connectivity index is 2.02. The van der Waals surface area contributed by atoms with E-state index in [2.05, 4.69) is 4.98 Å². The van der Waals surface area contributed by atoms with Gasteiger partial charge >= 0.3 is 0 Å². The molecular weight excluding hydrogens is 278 g/mol. The van der Waals surface area contributed by atoms with Crippen LogP contribution in [0.25, 0.3) is 10.9 Å². The summed E-state index contributed by atoms with van der Waals surface area (Å²) >= 11 is 6.21. The molecule has 0 saturated carbocycles. The summed E-state index contributed by atoms with van der Waals surface area (Å²) in [6, 6.07) is 7.71. The van der Waals surface area contributed by atoms with Gasteiger partial charge in [0.05, 0.1) is 24.8 Å². The predicted octanol–water partition coefficient (Wildman–Crippen LogP) is 3.72. The number of rotatable bonds is 3. The van der Waals surface area contributed by atoms with Gasteiger partial charge in [-0.25, -0.2) is 4.98 Å². The highest BCUT2D eigenvalue weighted by Gasteiger charge is 2.22. The fourth-order valence-electron chi connectivity index (χ4n) is 2.20. The van der Waals surface area contributed by atoms with E-state index in [-0.39, 0.29) is 6.10 Å². The Hall–Kier alpha value is -1.36. The topological polar surface area (TPSA) is 40.6 Å². The van der Waals surface area contributed by atoms with E-state index in [1.54, 1.807) is 0 Å². The van der Waals surface area contributed by atoms with Crippen molar-refractivity contribution in [1.82, 2.24) is 4.98 Å². The van der Waals surface area contributed by atoms with Crippen LogP contribution in [0.1, 0.15) is 25.7 Å². The second kappa shape index (κ2) is 5.56. The van der Waals surface area contributed by atoms with Crippen molar-refractivity contribution >= 4 is 22.5 Å². The first-order valence-corrected chi connectivity index (χ1v) is 7.01. The molecule has 0 N–H and O–H groups in total. The molecule has 1 aromatic carbocycles. The molecular formula is C15H16ClNO3. The molecule has 106 valence electrons. The summed E-state index contributed by atoms with van der Waals surface area (Å²) in [5.74, 6) is 0.816. The Morgan fingerprint density at radius 2 is 2.00 bits per heavy atom. The summed E-state index contributed by atoms with van der Waals surface area (Å²) in [5, 5.41) is 1.38. The summed E-state index contributed by atoms with van der Waals surface area (Å²) in [6.07, 6.45) is -0.289. The lowest BCUT2D eigenvalue weighted by Gasteiger charge is -2.13. The first-order chi connectivity index (χ1) is 9.63. The minimum absolute atomic E-state index is 0.133. The maximum absolute atomic E-state index is 6.21. The molecule has 0 amide bonds. The Bertz CT molecular complexity index is 624. The average molecular weight is 294 g/mol. The van der Waals surface area contributed by atoms with Crippen LogP contribution in [0.2, 0.25) is 5.15 Å². The van der Waals surface area contributed by atoms with Gasteiger partial charge in [-0.3, -0.25) is 0 Å². The standard InChI is InChI=1S/C15H16ClNO3/c1-9(2)20-11-3-4-13-10(7-11)8-12(14(16)17-13)15-18-5-6-19-15/h3-4,7-9,15H,5-6H2,1-2H3. The quantitative estimate of drug-likeness (QED) is 0.809. The van der Waals surface area contributed by atoms with Crippen molar-refractivity contribution in [3.63, 3.8) is 0 Å². The molecule has 3 rings (SSSR count). The number of aromatic nitrogens is 1. The fraction of sp³-hybridized carbons (Fsp3) is 0.400. The number of fused-ring (bicyclic) bond motifs is 1. The molecule has 5 heteroatoms. The van der Waals surface area contributed by atoms with E-state index in [9.17, 15) is 0 Å². The van der Waals surface area contributed by atoms with E-state index in [0.29, 0.717) is 18.4 Å². The van der Waals surface area contributed by atoms with E-state index in [1.807, 2.05) is 38.1 Å². The van der Waals surface area contributed by atoms with Gasteiger partial charge in [0.2, 0.25) is 0 Å². The van der Waals surface area contributed by atoms with Crippen LogP contribution in [-0.4, -0.2) is 24.3 Å². The zero-order valence-corrected chi connectivity index (χ0v) is 12.2. The summed E-state index contributed by atoms with van der Waals surface area (Å²) in [4.78, 5) is 4.39. The summed E-state index contributed by atoms with van der Waals surface area (Å²) in [5.41, 5.74) is 1.59. The number of ether oxygens (including phenoxy) is 3. The Kier molecular flexibility index (Phi) is 3.78. The normalized spacial score (nSPS) is 16.2. The van der Waals surface area contributed by atoms with E-state index < -0.39 is 6.29 Å². The first-order valence-electron chi connectivity index (χ1n) is 6.63. The molecule has 0 atom stereocenters. The van der Waals surface area contributed by atoms with Crippen LogP contribution in [0.3, 0.4) is 0 Å². The number of benzene rings is 1. The van der Waals surface area contributed by atoms with Gasteiger partial charge in [-0.2, -0.15) is 0 Å². The van der Waals surface area contributed by atoms with Crippen molar-refractivity contribution in [3.8, 4) is 5.75 Å². The summed E-state index contributed by atoms with van der Waals surface area (Å²) < 4.78 is 16.7. The molecule has 0 bridgehead atoms. The number of hydrogen-bond donors (Lipinski definition) is 0. The van der Waals surface area contributed by atoms with E-state index in [4.69, 9.17) is 25.8 Å². The minimum Gasteiger partial charge on any atom is -0.491 e. The third kappa shape index (κ3) is 2.73. The Morgan fingerprint density at radius 1 is 1.25 bits per heavy atom. The first kappa shape index (κ1) is 13.6. The maximum atomic E-state index is 6.21. The lowest BCUT2D eigenvalue weighted by molar-refractivity contribution is -0.0441. The molecule has 2 heterocycles. The fourth-order valence-corrected chi connectivity index (χ4v) is 2.43. The smallest absolute Gasteiger partial charge is 0.187 e. The van der Waals surface area contributed by atoms with Crippen molar-refractivity contribution in [2.24, 2.45) is 0 Å². The van der Waals surface area contributed by atoms with E-state index in [1.165, 1.54) is 0 Å². The second-order valence-electron chi connectivity index (χ2n) is 4.96. The van der Waals surface area contributed by atoms with Crippen LogP contribution in [-0.2, 0) is 9.47 Å². The third-order valence-electron chi connectivity index (χ3n) is 3.01. The second-order valence-corrected chi connectivity index (χ2v) is 5.32. The van der Waals surface area contributed by atoms with Crippen molar-refractivity contribution in [2.75, 3.05) is 13.2 Å². The molecule has 2 aromatic rings.